The van der Waals surface area contributed by atoms with Crippen LogP contribution in [0.4, 0.5) is 10.8 Å². The van der Waals surface area contributed by atoms with Gasteiger partial charge in [0.05, 0.1) is 21.1 Å². The van der Waals surface area contributed by atoms with Crippen LogP contribution in [0.2, 0.25) is 0 Å². The number of carbonyl (C=O) groups is 2. The van der Waals surface area contributed by atoms with E-state index in [9.17, 15) is 19.7 Å². The van der Waals surface area contributed by atoms with E-state index in [1.165, 1.54) is 23.5 Å². The zero-order valence-corrected chi connectivity index (χ0v) is 16.0. The Morgan fingerprint density at radius 1 is 1.48 bits per heavy atom. The number of hydrogen-bond donors (Lipinski definition) is 1. The van der Waals surface area contributed by atoms with Crippen LogP contribution in [0.15, 0.2) is 18.2 Å². The van der Waals surface area contributed by atoms with Crippen molar-refractivity contribution in [2.24, 2.45) is 5.92 Å². The molecule has 1 aliphatic rings. The summed E-state index contributed by atoms with van der Waals surface area (Å²) in [4.78, 5) is 43.1. The van der Waals surface area contributed by atoms with Gasteiger partial charge in [-0.3, -0.25) is 19.7 Å². The molecule has 1 aliphatic heterocycles. The fraction of sp³-hybridized carbons (Fsp3) is 0.471. The van der Waals surface area contributed by atoms with Crippen molar-refractivity contribution < 1.29 is 14.5 Å². The molecule has 1 aromatic heterocycles. The lowest BCUT2D eigenvalue weighted by atomic mass is 10.1. The average molecular weight is 391 g/mol. The molecule has 0 spiro atoms. The van der Waals surface area contributed by atoms with E-state index in [-0.39, 0.29) is 23.9 Å². The highest BCUT2D eigenvalue weighted by atomic mass is 32.1. The number of nitro benzene ring substituents is 1. The number of thiazole rings is 1. The van der Waals surface area contributed by atoms with Gasteiger partial charge in [0.2, 0.25) is 11.8 Å². The maximum atomic E-state index is 12.5. The highest BCUT2D eigenvalue weighted by Crippen LogP contribution is 2.30. The predicted octanol–water partition coefficient (Wildman–Crippen LogP) is 1.94. The number of nitrogens with one attached hydrogen (secondary N) is 1. The minimum absolute atomic E-state index is 0.00571. The third kappa shape index (κ3) is 4.58. The summed E-state index contributed by atoms with van der Waals surface area (Å²) in [5.41, 5.74) is 0.576. The molecule has 9 nitrogen and oxygen atoms in total. The molecule has 0 saturated carbocycles. The Balaban J connectivity index is 1.61. The second kappa shape index (κ2) is 7.97. The first-order valence-corrected chi connectivity index (χ1v) is 9.43. The van der Waals surface area contributed by atoms with E-state index in [1.54, 1.807) is 11.0 Å². The third-order valence-corrected chi connectivity index (χ3v) is 5.37. The summed E-state index contributed by atoms with van der Waals surface area (Å²) in [5.74, 6) is -0.654. The Kier molecular flexibility index (Phi) is 5.66. The number of nitrogens with zero attached hydrogens (tertiary/aromatic N) is 4. The Labute approximate surface area is 160 Å². The Morgan fingerprint density at radius 3 is 2.96 bits per heavy atom. The number of nitro groups is 1. The number of aromatic nitrogens is 1. The molecule has 1 atom stereocenters. The molecule has 1 saturated heterocycles. The predicted molar refractivity (Wildman–Crippen MR) is 103 cm³/mol. The molecule has 2 aromatic rings. The summed E-state index contributed by atoms with van der Waals surface area (Å²) in [6, 6.07) is 4.38. The van der Waals surface area contributed by atoms with Gasteiger partial charge < -0.3 is 15.1 Å². The van der Waals surface area contributed by atoms with Crippen LogP contribution in [-0.4, -0.2) is 65.3 Å². The molecule has 0 bridgehead atoms. The first kappa shape index (κ1) is 19.2. The van der Waals surface area contributed by atoms with E-state index in [0.717, 1.165) is 13.0 Å². The van der Waals surface area contributed by atoms with E-state index in [4.69, 9.17) is 0 Å². The molecule has 0 radical (unpaired) electrons. The van der Waals surface area contributed by atoms with Crippen LogP contribution in [-0.2, 0) is 9.59 Å². The molecule has 144 valence electrons. The summed E-state index contributed by atoms with van der Waals surface area (Å²) in [6.07, 6.45) is 1.06. The van der Waals surface area contributed by atoms with Crippen LogP contribution in [0.5, 0.6) is 0 Å². The lowest BCUT2D eigenvalue weighted by Gasteiger charge is -2.17. The zero-order valence-electron chi connectivity index (χ0n) is 15.2. The molecule has 10 heteroatoms. The molecule has 27 heavy (non-hydrogen) atoms. The van der Waals surface area contributed by atoms with Gasteiger partial charge in [0, 0.05) is 31.6 Å². The van der Waals surface area contributed by atoms with Gasteiger partial charge in [0.15, 0.2) is 5.13 Å². The summed E-state index contributed by atoms with van der Waals surface area (Å²) < 4.78 is 0.632. The van der Waals surface area contributed by atoms with Crippen LogP contribution >= 0.6 is 11.3 Å². The average Bonchev–Trinajstić information content (AvgIpc) is 3.16. The molecule has 1 N–H and O–H groups in total. The highest BCUT2D eigenvalue weighted by Gasteiger charge is 2.34. The normalized spacial score (nSPS) is 17.1. The van der Waals surface area contributed by atoms with Gasteiger partial charge in [-0.25, -0.2) is 4.98 Å². The number of likely N-dealkylation sites (tertiary alicyclic amines) is 1. The minimum Gasteiger partial charge on any atom is -0.342 e. The number of hydrogen-bond acceptors (Lipinski definition) is 7. The lowest BCUT2D eigenvalue weighted by molar-refractivity contribution is -0.384. The number of amides is 2. The quantitative estimate of drug-likeness (QED) is 0.571. The monoisotopic (exact) mass is 391 g/mol. The fourth-order valence-corrected chi connectivity index (χ4v) is 3.93. The van der Waals surface area contributed by atoms with Crippen molar-refractivity contribution in [2.45, 2.75) is 12.8 Å². The Morgan fingerprint density at radius 2 is 2.26 bits per heavy atom. The molecule has 1 aromatic carbocycles. The van der Waals surface area contributed by atoms with E-state index in [1.807, 2.05) is 14.1 Å². The van der Waals surface area contributed by atoms with Crippen molar-refractivity contribution in [3.8, 4) is 0 Å². The van der Waals surface area contributed by atoms with Gasteiger partial charge >= 0.3 is 0 Å². The number of carbonyl (C=O) groups excluding carboxylic acids is 2. The van der Waals surface area contributed by atoms with Crippen molar-refractivity contribution in [3.63, 3.8) is 0 Å². The number of fused-ring (bicyclic) bond motifs is 1. The van der Waals surface area contributed by atoms with E-state index in [2.05, 4.69) is 15.2 Å². The van der Waals surface area contributed by atoms with Crippen molar-refractivity contribution in [1.29, 1.82) is 0 Å². The second-order valence-corrected chi connectivity index (χ2v) is 7.85. The van der Waals surface area contributed by atoms with Gasteiger partial charge in [-0.15, -0.1) is 0 Å². The molecule has 1 unspecified atom stereocenters. The van der Waals surface area contributed by atoms with Crippen molar-refractivity contribution in [2.75, 3.05) is 39.0 Å². The first-order chi connectivity index (χ1) is 12.8. The van der Waals surface area contributed by atoms with Crippen LogP contribution in [0.1, 0.15) is 12.8 Å². The Hall–Kier alpha value is -2.59. The molecular formula is C17H21N5O4S. The minimum atomic E-state index is -0.466. The number of non-ortho nitro benzene ring substituents is 1. The molecule has 1 fully saturated rings. The third-order valence-electron chi connectivity index (χ3n) is 4.43. The zero-order chi connectivity index (χ0) is 19.6. The summed E-state index contributed by atoms with van der Waals surface area (Å²) in [6.45, 7) is 1.94. The van der Waals surface area contributed by atoms with Crippen LogP contribution in [0, 0.1) is 16.0 Å². The molecule has 2 amide bonds. The smallest absolute Gasteiger partial charge is 0.270 e. The highest BCUT2D eigenvalue weighted by molar-refractivity contribution is 7.22. The maximum absolute atomic E-state index is 12.5. The molecule has 3 rings (SSSR count). The SMILES string of the molecule is CN(C)CCCN1CC(C(=O)Nc2nc3ccc([N+](=O)[O-])cc3s2)CC1=O. The van der Waals surface area contributed by atoms with Crippen molar-refractivity contribution in [1.82, 2.24) is 14.8 Å². The molecule has 2 heterocycles. The standard InChI is InChI=1S/C17H21N5O4S/c1-20(2)6-3-7-21-10-11(8-15(21)23)16(24)19-17-18-13-5-4-12(22(25)26)9-14(13)27-17/h4-5,9,11H,3,6-8,10H2,1-2H3,(H,18,19,24). The topological polar surface area (TPSA) is 109 Å². The maximum Gasteiger partial charge on any atom is 0.270 e. The van der Waals surface area contributed by atoms with Gasteiger partial charge in [-0.1, -0.05) is 11.3 Å². The number of benzene rings is 1. The largest absolute Gasteiger partial charge is 0.342 e. The number of anilines is 1. The second-order valence-electron chi connectivity index (χ2n) is 6.82. The Bertz CT molecular complexity index is 881. The van der Waals surface area contributed by atoms with Gasteiger partial charge in [0.25, 0.3) is 5.69 Å². The van der Waals surface area contributed by atoms with Crippen LogP contribution < -0.4 is 5.32 Å². The van der Waals surface area contributed by atoms with Gasteiger partial charge in [-0.2, -0.15) is 0 Å². The van der Waals surface area contributed by atoms with E-state index < -0.39 is 10.8 Å². The first-order valence-electron chi connectivity index (χ1n) is 8.62. The van der Waals surface area contributed by atoms with Crippen molar-refractivity contribution in [3.05, 3.63) is 28.3 Å². The summed E-state index contributed by atoms with van der Waals surface area (Å²) in [7, 11) is 3.96. The fourth-order valence-electron chi connectivity index (χ4n) is 3.03. The molecule has 0 aliphatic carbocycles. The molecular weight excluding hydrogens is 370 g/mol. The van der Waals surface area contributed by atoms with Crippen LogP contribution in [0.25, 0.3) is 10.2 Å². The van der Waals surface area contributed by atoms with E-state index >= 15 is 0 Å². The van der Waals surface area contributed by atoms with Crippen molar-refractivity contribution >= 4 is 44.2 Å². The number of rotatable bonds is 7. The van der Waals surface area contributed by atoms with E-state index in [0.29, 0.717) is 28.4 Å². The summed E-state index contributed by atoms with van der Waals surface area (Å²) >= 11 is 1.18. The van der Waals surface area contributed by atoms with Gasteiger partial charge in [0.1, 0.15) is 0 Å². The van der Waals surface area contributed by atoms with Crippen LogP contribution in [0.3, 0.4) is 0 Å². The summed E-state index contributed by atoms with van der Waals surface area (Å²) in [5, 5.41) is 14.0. The van der Waals surface area contributed by atoms with Gasteiger partial charge in [-0.05, 0) is 33.1 Å². The lowest BCUT2D eigenvalue weighted by Crippen LogP contribution is -2.30.